The average molecular weight is 380 g/mol. The van der Waals surface area contributed by atoms with Crippen LogP contribution >= 0.6 is 11.8 Å². The Morgan fingerprint density at radius 1 is 1.15 bits per heavy atom. The molecule has 6 nitrogen and oxygen atoms in total. The van der Waals surface area contributed by atoms with Crippen molar-refractivity contribution in [2.75, 3.05) is 0 Å². The summed E-state index contributed by atoms with van der Waals surface area (Å²) < 4.78 is 18.6. The zero-order chi connectivity index (χ0) is 18.8. The number of halogens is 1. The SMILES string of the molecule is N=C1/C(=C/c2ccc(OCc3ccc(F)cc3)cc2)C(=O)N=C2SC=NN12. The van der Waals surface area contributed by atoms with Crippen LogP contribution in [0.4, 0.5) is 4.39 Å². The fourth-order valence-corrected chi connectivity index (χ4v) is 3.12. The Kier molecular flexibility index (Phi) is 4.55. The molecule has 0 saturated heterocycles. The third-order valence-corrected chi connectivity index (χ3v) is 4.58. The van der Waals surface area contributed by atoms with E-state index in [4.69, 9.17) is 10.1 Å². The number of amides is 1. The number of fused-ring (bicyclic) bond motifs is 1. The number of hydrogen-bond acceptors (Lipinski definition) is 5. The summed E-state index contributed by atoms with van der Waals surface area (Å²) in [6, 6.07) is 13.2. The second-order valence-corrected chi connectivity index (χ2v) is 6.55. The van der Waals surface area contributed by atoms with E-state index in [1.54, 1.807) is 42.5 Å². The first kappa shape index (κ1) is 17.2. The summed E-state index contributed by atoms with van der Waals surface area (Å²) in [5, 5.41) is 13.9. The first-order chi connectivity index (χ1) is 13.1. The zero-order valence-electron chi connectivity index (χ0n) is 13.9. The van der Waals surface area contributed by atoms with Crippen molar-refractivity contribution in [1.29, 1.82) is 5.41 Å². The van der Waals surface area contributed by atoms with E-state index in [0.29, 0.717) is 17.5 Å². The van der Waals surface area contributed by atoms with Gasteiger partial charge in [-0.25, -0.2) is 4.39 Å². The van der Waals surface area contributed by atoms with Gasteiger partial charge in [-0.15, -0.1) is 0 Å². The number of thioether (sulfide) groups is 1. The highest BCUT2D eigenvalue weighted by Gasteiger charge is 2.32. The molecule has 1 amide bonds. The minimum Gasteiger partial charge on any atom is -0.489 e. The van der Waals surface area contributed by atoms with Crippen molar-refractivity contribution in [2.24, 2.45) is 10.1 Å². The van der Waals surface area contributed by atoms with Crippen molar-refractivity contribution in [2.45, 2.75) is 6.61 Å². The van der Waals surface area contributed by atoms with Crippen LogP contribution in [-0.4, -0.2) is 27.5 Å². The number of nitrogens with one attached hydrogen (secondary N) is 1. The number of hydrazone groups is 1. The van der Waals surface area contributed by atoms with Crippen molar-refractivity contribution in [1.82, 2.24) is 5.01 Å². The molecule has 0 saturated carbocycles. The summed E-state index contributed by atoms with van der Waals surface area (Å²) in [5.74, 6) is -0.0928. The molecule has 27 heavy (non-hydrogen) atoms. The van der Waals surface area contributed by atoms with E-state index >= 15 is 0 Å². The van der Waals surface area contributed by atoms with Crippen LogP contribution in [0.3, 0.4) is 0 Å². The van der Waals surface area contributed by atoms with Gasteiger partial charge in [0.2, 0.25) is 0 Å². The van der Waals surface area contributed by atoms with Crippen molar-refractivity contribution in [3.63, 3.8) is 0 Å². The van der Waals surface area contributed by atoms with E-state index in [0.717, 1.165) is 11.1 Å². The Morgan fingerprint density at radius 3 is 2.63 bits per heavy atom. The monoisotopic (exact) mass is 380 g/mol. The lowest BCUT2D eigenvalue weighted by Gasteiger charge is -2.20. The van der Waals surface area contributed by atoms with E-state index in [2.05, 4.69) is 10.1 Å². The number of benzene rings is 2. The van der Waals surface area contributed by atoms with Gasteiger partial charge >= 0.3 is 0 Å². The molecule has 0 spiro atoms. The third-order valence-electron chi connectivity index (χ3n) is 3.91. The highest BCUT2D eigenvalue weighted by Crippen LogP contribution is 2.25. The molecule has 2 aliphatic rings. The summed E-state index contributed by atoms with van der Waals surface area (Å²) >= 11 is 1.21. The predicted octanol–water partition coefficient (Wildman–Crippen LogP) is 3.65. The van der Waals surface area contributed by atoms with Crippen molar-refractivity contribution < 1.29 is 13.9 Å². The highest BCUT2D eigenvalue weighted by atomic mass is 32.2. The number of rotatable bonds is 4. The quantitative estimate of drug-likeness (QED) is 0.821. The van der Waals surface area contributed by atoms with Crippen molar-refractivity contribution in [3.05, 3.63) is 71.0 Å². The molecule has 0 radical (unpaired) electrons. The van der Waals surface area contributed by atoms with Crippen LogP contribution in [0.15, 0.2) is 64.2 Å². The number of carbonyl (C=O) groups is 1. The van der Waals surface area contributed by atoms with E-state index in [1.165, 1.54) is 34.5 Å². The van der Waals surface area contributed by atoms with Gasteiger partial charge in [0.1, 0.15) is 18.2 Å². The van der Waals surface area contributed by atoms with Crippen LogP contribution in [0.1, 0.15) is 11.1 Å². The summed E-state index contributed by atoms with van der Waals surface area (Å²) in [6.07, 6.45) is 1.60. The lowest BCUT2D eigenvalue weighted by molar-refractivity contribution is -0.114. The number of aliphatic imine (C=N–C) groups is 1. The number of amidine groups is 2. The van der Waals surface area contributed by atoms with E-state index in [1.807, 2.05) is 0 Å². The van der Waals surface area contributed by atoms with Gasteiger partial charge in [0, 0.05) is 0 Å². The fraction of sp³-hybridized carbons (Fsp3) is 0.0526. The summed E-state index contributed by atoms with van der Waals surface area (Å²) in [7, 11) is 0. The zero-order valence-corrected chi connectivity index (χ0v) is 14.7. The first-order valence-electron chi connectivity index (χ1n) is 8.00. The molecule has 0 atom stereocenters. The van der Waals surface area contributed by atoms with Crippen LogP contribution in [0.2, 0.25) is 0 Å². The molecule has 0 bridgehead atoms. The van der Waals surface area contributed by atoms with Crippen LogP contribution in [0, 0.1) is 11.2 Å². The maximum absolute atomic E-state index is 12.9. The average Bonchev–Trinajstić information content (AvgIpc) is 3.14. The number of hydrogen-bond donors (Lipinski definition) is 1. The smallest absolute Gasteiger partial charge is 0.283 e. The molecule has 0 aromatic heterocycles. The molecule has 0 aliphatic carbocycles. The van der Waals surface area contributed by atoms with Gasteiger partial charge < -0.3 is 4.74 Å². The van der Waals surface area contributed by atoms with Gasteiger partial charge in [-0.3, -0.25) is 10.2 Å². The molecule has 2 aromatic rings. The molecule has 1 N–H and O–H groups in total. The molecule has 8 heteroatoms. The third kappa shape index (κ3) is 3.65. The minimum atomic E-state index is -0.458. The molecule has 2 aliphatic heterocycles. The van der Waals surface area contributed by atoms with Crippen LogP contribution in [0.5, 0.6) is 5.75 Å². The van der Waals surface area contributed by atoms with Crippen LogP contribution in [-0.2, 0) is 11.4 Å². The largest absolute Gasteiger partial charge is 0.489 e. The Labute approximate surface area is 158 Å². The predicted molar refractivity (Wildman–Crippen MR) is 103 cm³/mol. The van der Waals surface area contributed by atoms with Crippen LogP contribution in [0.25, 0.3) is 6.08 Å². The van der Waals surface area contributed by atoms with E-state index in [9.17, 15) is 9.18 Å². The summed E-state index contributed by atoms with van der Waals surface area (Å²) in [6.45, 7) is 0.325. The molecule has 134 valence electrons. The standard InChI is InChI=1S/C19H13FN4O2S/c20-14-5-1-13(2-6-14)10-26-15-7-3-12(4-8-15)9-16-17(21)24-19(23-18(16)25)27-11-22-24/h1-9,11,21H,10H2/b16-9-,21-17?. The number of carbonyl (C=O) groups excluding carboxylic acids is 1. The summed E-state index contributed by atoms with van der Waals surface area (Å²) in [5.41, 5.74) is 3.32. The van der Waals surface area contributed by atoms with Gasteiger partial charge in [-0.05, 0) is 53.2 Å². The maximum Gasteiger partial charge on any atom is 0.283 e. The number of ether oxygens (including phenoxy) is 1. The van der Waals surface area contributed by atoms with Crippen molar-refractivity contribution >= 4 is 40.3 Å². The maximum atomic E-state index is 12.9. The van der Waals surface area contributed by atoms with Gasteiger partial charge in [-0.1, -0.05) is 24.3 Å². The first-order valence-corrected chi connectivity index (χ1v) is 8.88. The molecular formula is C19H13FN4O2S. The Hall–Kier alpha value is -3.26. The summed E-state index contributed by atoms with van der Waals surface area (Å²) in [4.78, 5) is 16.1. The van der Waals surface area contributed by atoms with Gasteiger partial charge in [0.25, 0.3) is 5.91 Å². The lowest BCUT2D eigenvalue weighted by Crippen LogP contribution is -2.35. The second-order valence-electron chi connectivity index (χ2n) is 5.74. The van der Waals surface area contributed by atoms with E-state index < -0.39 is 5.91 Å². The number of nitrogens with zero attached hydrogens (tertiary/aromatic N) is 3. The Balaban J connectivity index is 1.46. The molecular weight excluding hydrogens is 367 g/mol. The molecule has 0 unspecified atom stereocenters. The normalized spacial score (nSPS) is 17.3. The van der Waals surface area contributed by atoms with Gasteiger partial charge in [0.05, 0.1) is 11.1 Å². The Bertz CT molecular complexity index is 997. The second kappa shape index (κ2) is 7.16. The van der Waals surface area contributed by atoms with E-state index in [-0.39, 0.29) is 17.2 Å². The topological polar surface area (TPSA) is 78.1 Å². The highest BCUT2D eigenvalue weighted by molar-refractivity contribution is 8.25. The molecule has 4 rings (SSSR count). The minimum absolute atomic E-state index is 0.00267. The lowest BCUT2D eigenvalue weighted by atomic mass is 10.1. The molecule has 0 fully saturated rings. The van der Waals surface area contributed by atoms with Crippen LogP contribution < -0.4 is 4.74 Å². The van der Waals surface area contributed by atoms with Crippen molar-refractivity contribution in [3.8, 4) is 5.75 Å². The molecule has 2 heterocycles. The van der Waals surface area contributed by atoms with Gasteiger partial charge in [0.15, 0.2) is 11.0 Å². The molecule has 2 aromatic carbocycles. The van der Waals surface area contributed by atoms with Gasteiger partial charge in [-0.2, -0.15) is 15.1 Å². The fourth-order valence-electron chi connectivity index (χ4n) is 2.51. The Morgan fingerprint density at radius 2 is 1.89 bits per heavy atom.